The molecule has 0 bridgehead atoms. The van der Waals surface area contributed by atoms with Gasteiger partial charge in [0, 0.05) is 0 Å². The molecule has 0 amide bonds. The molecular formula is C11H13FO4. The van der Waals surface area contributed by atoms with Crippen LogP contribution in [-0.4, -0.2) is 25.3 Å². The maximum Gasteiger partial charge on any atom is 0.339 e. The van der Waals surface area contributed by atoms with E-state index >= 15 is 0 Å². The fraction of sp³-hybridized carbons (Fsp3) is 0.364. The Hall–Kier alpha value is -1.78. The van der Waals surface area contributed by atoms with Crippen molar-refractivity contribution in [3.63, 3.8) is 0 Å². The molecule has 4 nitrogen and oxygen atoms in total. The molecule has 0 radical (unpaired) electrons. The zero-order chi connectivity index (χ0) is 12.3. The van der Waals surface area contributed by atoms with Crippen molar-refractivity contribution in [1.82, 2.24) is 0 Å². The monoisotopic (exact) mass is 228 g/mol. The van der Waals surface area contributed by atoms with Gasteiger partial charge in [0.05, 0.1) is 14.2 Å². The van der Waals surface area contributed by atoms with E-state index in [-0.39, 0.29) is 17.1 Å². The summed E-state index contributed by atoms with van der Waals surface area (Å²) in [7, 11) is 2.55. The van der Waals surface area contributed by atoms with E-state index < -0.39 is 11.8 Å². The Morgan fingerprint density at radius 2 is 1.94 bits per heavy atom. The van der Waals surface area contributed by atoms with Gasteiger partial charge < -0.3 is 14.6 Å². The largest absolute Gasteiger partial charge is 0.493 e. The number of halogens is 1. The van der Waals surface area contributed by atoms with Crippen LogP contribution in [0.2, 0.25) is 0 Å². The van der Waals surface area contributed by atoms with Crippen molar-refractivity contribution >= 4 is 5.97 Å². The van der Waals surface area contributed by atoms with E-state index in [2.05, 4.69) is 0 Å². The molecule has 1 rings (SSSR count). The normalized spacial score (nSPS) is 10.0. The van der Waals surface area contributed by atoms with Crippen LogP contribution in [0, 0.1) is 5.82 Å². The first-order chi connectivity index (χ1) is 7.56. The highest BCUT2D eigenvalue weighted by molar-refractivity contribution is 5.91. The van der Waals surface area contributed by atoms with Crippen LogP contribution in [0.1, 0.15) is 22.8 Å². The minimum Gasteiger partial charge on any atom is -0.493 e. The molecule has 0 spiro atoms. The van der Waals surface area contributed by atoms with Crippen LogP contribution < -0.4 is 9.47 Å². The van der Waals surface area contributed by atoms with Crippen LogP contribution in [0.5, 0.6) is 11.5 Å². The minimum atomic E-state index is -1.23. The van der Waals surface area contributed by atoms with Crippen LogP contribution >= 0.6 is 0 Å². The predicted molar refractivity (Wildman–Crippen MR) is 55.8 cm³/mol. The number of benzene rings is 1. The fourth-order valence-electron chi connectivity index (χ4n) is 1.51. The van der Waals surface area contributed by atoms with E-state index in [4.69, 9.17) is 14.6 Å². The van der Waals surface area contributed by atoms with Crippen LogP contribution in [0.3, 0.4) is 0 Å². The van der Waals surface area contributed by atoms with Crippen LogP contribution in [-0.2, 0) is 6.42 Å². The molecule has 0 aliphatic carbocycles. The maximum atomic E-state index is 13.8. The molecule has 0 atom stereocenters. The number of rotatable bonds is 4. The van der Waals surface area contributed by atoms with Crippen LogP contribution in [0.25, 0.3) is 0 Å². The van der Waals surface area contributed by atoms with Crippen molar-refractivity contribution in [3.8, 4) is 11.5 Å². The lowest BCUT2D eigenvalue weighted by Gasteiger charge is -2.13. The Labute approximate surface area is 92.6 Å². The van der Waals surface area contributed by atoms with E-state index in [0.29, 0.717) is 12.0 Å². The third kappa shape index (κ3) is 1.93. The topological polar surface area (TPSA) is 55.8 Å². The summed E-state index contributed by atoms with van der Waals surface area (Å²) in [4.78, 5) is 10.9. The number of aromatic carboxylic acids is 1. The molecule has 0 aliphatic heterocycles. The van der Waals surface area contributed by atoms with Crippen molar-refractivity contribution in [1.29, 1.82) is 0 Å². The van der Waals surface area contributed by atoms with E-state index in [1.54, 1.807) is 6.92 Å². The number of hydrogen-bond donors (Lipinski definition) is 1. The molecule has 5 heteroatoms. The van der Waals surface area contributed by atoms with E-state index in [1.165, 1.54) is 20.3 Å². The zero-order valence-corrected chi connectivity index (χ0v) is 9.33. The molecule has 0 saturated heterocycles. The molecule has 0 unspecified atom stereocenters. The highest BCUT2D eigenvalue weighted by Crippen LogP contribution is 2.34. The highest BCUT2D eigenvalue weighted by Gasteiger charge is 2.22. The van der Waals surface area contributed by atoms with Gasteiger partial charge in [0.25, 0.3) is 0 Å². The van der Waals surface area contributed by atoms with Gasteiger partial charge >= 0.3 is 5.97 Å². The molecule has 88 valence electrons. The van der Waals surface area contributed by atoms with Crippen molar-refractivity contribution < 1.29 is 23.8 Å². The minimum absolute atomic E-state index is 0.0318. The fourth-order valence-corrected chi connectivity index (χ4v) is 1.51. The van der Waals surface area contributed by atoms with Crippen LogP contribution in [0.4, 0.5) is 4.39 Å². The molecular weight excluding hydrogens is 215 g/mol. The molecule has 0 aromatic heterocycles. The summed E-state index contributed by atoms with van der Waals surface area (Å²) in [6, 6.07) is 1.36. The van der Waals surface area contributed by atoms with Gasteiger partial charge in [-0.05, 0) is 18.1 Å². The molecule has 0 fully saturated rings. The standard InChI is InChI=1S/C11H13FO4/c1-4-6-5-7(11(13)14)10(16-3)8(12)9(6)15-2/h5H,4H2,1-3H3,(H,13,14). The summed E-state index contributed by atoms with van der Waals surface area (Å²) in [6.45, 7) is 1.79. The SMILES string of the molecule is CCc1cc(C(=O)O)c(OC)c(F)c1OC. The van der Waals surface area contributed by atoms with Gasteiger partial charge in [-0.15, -0.1) is 0 Å². The van der Waals surface area contributed by atoms with E-state index in [1.807, 2.05) is 0 Å². The third-order valence-electron chi connectivity index (χ3n) is 2.27. The molecule has 0 heterocycles. The smallest absolute Gasteiger partial charge is 0.339 e. The molecule has 16 heavy (non-hydrogen) atoms. The second kappa shape index (κ2) is 4.83. The lowest BCUT2D eigenvalue weighted by molar-refractivity contribution is 0.0692. The molecule has 1 N–H and O–H groups in total. The summed E-state index contributed by atoms with van der Waals surface area (Å²) in [5.41, 5.74) is 0.302. The highest BCUT2D eigenvalue weighted by atomic mass is 19.1. The first kappa shape index (κ1) is 12.3. The number of methoxy groups -OCH3 is 2. The summed E-state index contributed by atoms with van der Waals surface area (Å²) in [6.07, 6.45) is 0.477. The van der Waals surface area contributed by atoms with Gasteiger partial charge in [-0.1, -0.05) is 6.92 Å². The van der Waals surface area contributed by atoms with Gasteiger partial charge in [0.15, 0.2) is 11.5 Å². The Balaban J connectivity index is 3.54. The van der Waals surface area contributed by atoms with Gasteiger partial charge in [-0.2, -0.15) is 4.39 Å². The van der Waals surface area contributed by atoms with Gasteiger partial charge in [-0.25, -0.2) is 4.79 Å². The molecule has 1 aromatic rings. The average molecular weight is 228 g/mol. The number of carboxylic acids is 1. The summed E-state index contributed by atoms with van der Waals surface area (Å²) in [5, 5.41) is 8.92. The second-order valence-corrected chi connectivity index (χ2v) is 3.12. The summed E-state index contributed by atoms with van der Waals surface area (Å²) < 4.78 is 23.5. The molecule has 0 saturated carbocycles. The first-order valence-electron chi connectivity index (χ1n) is 4.73. The lowest BCUT2D eigenvalue weighted by atomic mass is 10.1. The van der Waals surface area contributed by atoms with Crippen LogP contribution in [0.15, 0.2) is 6.07 Å². The van der Waals surface area contributed by atoms with Gasteiger partial charge in [-0.3, -0.25) is 0 Å². The number of ether oxygens (including phenoxy) is 2. The predicted octanol–water partition coefficient (Wildman–Crippen LogP) is 2.10. The average Bonchev–Trinajstić information content (AvgIpc) is 2.27. The Kier molecular flexibility index (Phi) is 3.71. The Bertz CT molecular complexity index is 415. The molecule has 0 aliphatic rings. The molecule has 1 aromatic carbocycles. The lowest BCUT2D eigenvalue weighted by Crippen LogP contribution is -2.06. The van der Waals surface area contributed by atoms with Crippen molar-refractivity contribution in [3.05, 3.63) is 23.0 Å². The van der Waals surface area contributed by atoms with Crippen molar-refractivity contribution in [2.75, 3.05) is 14.2 Å². The zero-order valence-electron chi connectivity index (χ0n) is 9.33. The Morgan fingerprint density at radius 3 is 2.31 bits per heavy atom. The van der Waals surface area contributed by atoms with E-state index in [9.17, 15) is 9.18 Å². The van der Waals surface area contributed by atoms with Crippen molar-refractivity contribution in [2.24, 2.45) is 0 Å². The van der Waals surface area contributed by atoms with Gasteiger partial charge in [0.1, 0.15) is 5.56 Å². The van der Waals surface area contributed by atoms with Gasteiger partial charge in [0.2, 0.25) is 5.82 Å². The number of hydrogen-bond acceptors (Lipinski definition) is 3. The maximum absolute atomic E-state index is 13.8. The third-order valence-corrected chi connectivity index (χ3v) is 2.27. The van der Waals surface area contributed by atoms with E-state index in [0.717, 1.165) is 0 Å². The number of aryl methyl sites for hydroxylation is 1. The number of carbonyl (C=O) groups is 1. The Morgan fingerprint density at radius 1 is 1.38 bits per heavy atom. The summed E-state index contributed by atoms with van der Waals surface area (Å²) >= 11 is 0. The second-order valence-electron chi connectivity index (χ2n) is 3.12. The number of carboxylic acid groups (broad SMARTS) is 1. The first-order valence-corrected chi connectivity index (χ1v) is 4.73. The van der Waals surface area contributed by atoms with Crippen molar-refractivity contribution in [2.45, 2.75) is 13.3 Å². The summed E-state index contributed by atoms with van der Waals surface area (Å²) in [5.74, 6) is -2.28. The quantitative estimate of drug-likeness (QED) is 0.857.